The van der Waals surface area contributed by atoms with Gasteiger partial charge in [0.05, 0.1) is 20.6 Å². The van der Waals surface area contributed by atoms with E-state index in [1.807, 2.05) is 0 Å². The highest BCUT2D eigenvalue weighted by Gasteiger charge is 2.30. The minimum atomic E-state index is -3.19. The second-order valence-corrected chi connectivity index (χ2v) is 8.24. The van der Waals surface area contributed by atoms with Crippen LogP contribution in [0.25, 0.3) is 0 Å². The Bertz CT molecular complexity index is 558. The van der Waals surface area contributed by atoms with E-state index in [1.54, 1.807) is 13.8 Å². The fourth-order valence-corrected chi connectivity index (χ4v) is 1.83. The molecule has 0 bridgehead atoms. The van der Waals surface area contributed by atoms with Crippen LogP contribution in [0.5, 0.6) is 0 Å². The van der Waals surface area contributed by atoms with E-state index >= 15 is 0 Å². The Morgan fingerprint density at radius 1 is 1.44 bits per heavy atom. The van der Waals surface area contributed by atoms with Crippen LogP contribution in [0.2, 0.25) is 0 Å². The molecule has 0 aliphatic carbocycles. The second-order valence-electron chi connectivity index (χ2n) is 4.74. The molecule has 0 radical (unpaired) electrons. The standard InChI is InChI=1S/C11H16BrFN2O2S/c1-11(2,18(3,16)17)6-15-10-4-7(12)8(13)5-9(10)14/h4-5,15H,6,14H2,1-3H3. The Kier molecular flexibility index (Phi) is 4.27. The van der Waals surface area contributed by atoms with Crippen molar-refractivity contribution in [2.45, 2.75) is 18.6 Å². The zero-order valence-electron chi connectivity index (χ0n) is 10.4. The number of anilines is 2. The van der Waals surface area contributed by atoms with Crippen molar-refractivity contribution in [3.05, 3.63) is 22.4 Å². The number of halogens is 2. The molecular weight excluding hydrogens is 323 g/mol. The Morgan fingerprint density at radius 3 is 2.50 bits per heavy atom. The largest absolute Gasteiger partial charge is 0.397 e. The van der Waals surface area contributed by atoms with Gasteiger partial charge in [-0.15, -0.1) is 0 Å². The van der Waals surface area contributed by atoms with Crippen LogP contribution in [-0.2, 0) is 9.84 Å². The number of hydrogen-bond acceptors (Lipinski definition) is 4. The minimum absolute atomic E-state index is 0.189. The molecule has 102 valence electrons. The summed E-state index contributed by atoms with van der Waals surface area (Å²) in [6.45, 7) is 3.42. The van der Waals surface area contributed by atoms with E-state index in [-0.39, 0.29) is 16.7 Å². The quantitative estimate of drug-likeness (QED) is 0.827. The molecule has 3 N–H and O–H groups in total. The highest BCUT2D eigenvalue weighted by Crippen LogP contribution is 2.27. The number of benzene rings is 1. The van der Waals surface area contributed by atoms with E-state index in [0.717, 1.165) is 0 Å². The third-order valence-corrected chi connectivity index (χ3v) is 5.56. The molecular formula is C11H16BrFN2O2S. The lowest BCUT2D eigenvalue weighted by Gasteiger charge is -2.24. The summed E-state index contributed by atoms with van der Waals surface area (Å²) in [7, 11) is -3.19. The van der Waals surface area contributed by atoms with Gasteiger partial charge in [0, 0.05) is 18.9 Å². The topological polar surface area (TPSA) is 72.2 Å². The molecule has 0 spiro atoms. The van der Waals surface area contributed by atoms with Crippen LogP contribution in [0.1, 0.15) is 13.8 Å². The first-order valence-electron chi connectivity index (χ1n) is 5.22. The van der Waals surface area contributed by atoms with Crippen molar-refractivity contribution in [2.24, 2.45) is 0 Å². The van der Waals surface area contributed by atoms with E-state index in [4.69, 9.17) is 5.73 Å². The zero-order chi connectivity index (χ0) is 14.1. The van der Waals surface area contributed by atoms with Gasteiger partial charge in [-0.25, -0.2) is 12.8 Å². The van der Waals surface area contributed by atoms with Crippen molar-refractivity contribution in [2.75, 3.05) is 23.9 Å². The molecule has 1 aromatic carbocycles. The van der Waals surface area contributed by atoms with Crippen molar-refractivity contribution >= 4 is 37.1 Å². The third kappa shape index (κ3) is 3.35. The molecule has 0 unspecified atom stereocenters. The van der Waals surface area contributed by atoms with Crippen LogP contribution in [0.3, 0.4) is 0 Å². The van der Waals surface area contributed by atoms with Crippen LogP contribution in [0, 0.1) is 5.82 Å². The fourth-order valence-electron chi connectivity index (χ4n) is 1.15. The van der Waals surface area contributed by atoms with E-state index < -0.39 is 20.4 Å². The van der Waals surface area contributed by atoms with Crippen LogP contribution in [0.4, 0.5) is 15.8 Å². The Hall–Kier alpha value is -0.820. The number of sulfone groups is 1. The lowest BCUT2D eigenvalue weighted by atomic mass is 10.2. The average Bonchev–Trinajstić information content (AvgIpc) is 2.20. The first-order chi connectivity index (χ1) is 8.04. The summed E-state index contributed by atoms with van der Waals surface area (Å²) < 4.78 is 35.6. The first-order valence-corrected chi connectivity index (χ1v) is 7.91. The van der Waals surface area contributed by atoms with Gasteiger partial charge in [0.15, 0.2) is 9.84 Å². The van der Waals surface area contributed by atoms with Crippen LogP contribution < -0.4 is 11.1 Å². The number of rotatable bonds is 4. The molecule has 0 heterocycles. The van der Waals surface area contributed by atoms with Crippen LogP contribution >= 0.6 is 15.9 Å². The molecule has 0 saturated carbocycles. The van der Waals surface area contributed by atoms with Gasteiger partial charge in [0.1, 0.15) is 5.82 Å². The van der Waals surface area contributed by atoms with Gasteiger partial charge in [0.25, 0.3) is 0 Å². The van der Waals surface area contributed by atoms with Gasteiger partial charge < -0.3 is 11.1 Å². The van der Waals surface area contributed by atoms with E-state index in [1.165, 1.54) is 18.4 Å². The maximum absolute atomic E-state index is 13.2. The van der Waals surface area contributed by atoms with E-state index in [0.29, 0.717) is 5.69 Å². The van der Waals surface area contributed by atoms with Gasteiger partial charge in [-0.3, -0.25) is 0 Å². The lowest BCUT2D eigenvalue weighted by Crippen LogP contribution is -2.38. The molecule has 0 fully saturated rings. The second kappa shape index (κ2) is 5.05. The monoisotopic (exact) mass is 338 g/mol. The SMILES string of the molecule is CC(C)(CNc1cc(Br)c(F)cc1N)S(C)(=O)=O. The van der Waals surface area contributed by atoms with E-state index in [9.17, 15) is 12.8 Å². The Morgan fingerprint density at radius 2 is 2.00 bits per heavy atom. The zero-order valence-corrected chi connectivity index (χ0v) is 12.8. The summed E-state index contributed by atoms with van der Waals surface area (Å²) in [5, 5.41) is 2.93. The van der Waals surface area contributed by atoms with Gasteiger partial charge in [0.2, 0.25) is 0 Å². The Labute approximate surface area is 115 Å². The molecule has 0 aromatic heterocycles. The summed E-state index contributed by atoms with van der Waals surface area (Å²) in [5.74, 6) is -0.458. The summed E-state index contributed by atoms with van der Waals surface area (Å²) in [5.41, 5.74) is 6.39. The van der Waals surface area contributed by atoms with Crippen molar-refractivity contribution in [1.29, 1.82) is 0 Å². The van der Waals surface area contributed by atoms with Gasteiger partial charge in [-0.2, -0.15) is 0 Å². The molecule has 7 heteroatoms. The molecule has 0 atom stereocenters. The van der Waals surface area contributed by atoms with Gasteiger partial charge in [-0.1, -0.05) is 0 Å². The highest BCUT2D eigenvalue weighted by atomic mass is 79.9. The van der Waals surface area contributed by atoms with Crippen molar-refractivity contribution < 1.29 is 12.8 Å². The minimum Gasteiger partial charge on any atom is -0.397 e. The highest BCUT2D eigenvalue weighted by molar-refractivity contribution is 9.10. The third-order valence-electron chi connectivity index (χ3n) is 2.80. The predicted octanol–water partition coefficient (Wildman–Crippen LogP) is 2.41. The average molecular weight is 339 g/mol. The molecule has 18 heavy (non-hydrogen) atoms. The predicted molar refractivity (Wildman–Crippen MR) is 75.9 cm³/mol. The summed E-state index contributed by atoms with van der Waals surface area (Å²) in [6.07, 6.45) is 1.18. The smallest absolute Gasteiger partial charge is 0.154 e. The number of hydrogen-bond donors (Lipinski definition) is 2. The van der Waals surface area contributed by atoms with Crippen LogP contribution in [-0.4, -0.2) is 26.0 Å². The molecule has 0 amide bonds. The van der Waals surface area contributed by atoms with Gasteiger partial charge >= 0.3 is 0 Å². The Balaban J connectivity index is 2.91. The molecule has 1 rings (SSSR count). The van der Waals surface area contributed by atoms with Gasteiger partial charge in [-0.05, 0) is 35.8 Å². The number of nitrogen functional groups attached to an aromatic ring is 1. The normalized spacial score (nSPS) is 12.5. The lowest BCUT2D eigenvalue weighted by molar-refractivity contribution is 0.560. The van der Waals surface area contributed by atoms with Crippen molar-refractivity contribution in [1.82, 2.24) is 0 Å². The molecule has 0 aliphatic heterocycles. The van der Waals surface area contributed by atoms with E-state index in [2.05, 4.69) is 21.2 Å². The maximum Gasteiger partial charge on any atom is 0.154 e. The molecule has 4 nitrogen and oxygen atoms in total. The summed E-state index contributed by atoms with van der Waals surface area (Å²) >= 11 is 3.05. The van der Waals surface area contributed by atoms with Crippen molar-refractivity contribution in [3.8, 4) is 0 Å². The summed E-state index contributed by atoms with van der Waals surface area (Å²) in [6, 6.07) is 2.67. The maximum atomic E-state index is 13.2. The first kappa shape index (κ1) is 15.2. The molecule has 0 saturated heterocycles. The molecule has 0 aliphatic rings. The van der Waals surface area contributed by atoms with Crippen molar-refractivity contribution in [3.63, 3.8) is 0 Å². The fraction of sp³-hybridized carbons (Fsp3) is 0.455. The van der Waals surface area contributed by atoms with Crippen LogP contribution in [0.15, 0.2) is 16.6 Å². The number of nitrogens with two attached hydrogens (primary N) is 1. The molecule has 1 aromatic rings. The summed E-state index contributed by atoms with van der Waals surface area (Å²) in [4.78, 5) is 0. The number of nitrogens with one attached hydrogen (secondary N) is 1.